The minimum atomic E-state index is 0.178. The van der Waals surface area contributed by atoms with Crippen molar-refractivity contribution in [3.05, 3.63) is 0 Å². The fourth-order valence-electron chi connectivity index (χ4n) is 3.27. The van der Waals surface area contributed by atoms with Gasteiger partial charge in [-0.25, -0.2) is 0 Å². The van der Waals surface area contributed by atoms with Crippen LogP contribution in [-0.2, 0) is 4.79 Å². The number of likely N-dealkylation sites (tertiary alicyclic amines) is 1. The molecule has 1 heterocycles. The fourth-order valence-corrected chi connectivity index (χ4v) is 3.48. The number of rotatable bonds is 5. The van der Waals surface area contributed by atoms with Crippen LogP contribution in [0.3, 0.4) is 0 Å². The Morgan fingerprint density at radius 3 is 2.61 bits per heavy atom. The highest BCUT2D eigenvalue weighted by Gasteiger charge is 2.32. The molecule has 1 aliphatic heterocycles. The molecule has 6 heteroatoms. The van der Waals surface area contributed by atoms with Crippen LogP contribution >= 0.6 is 11.8 Å². The second kappa shape index (κ2) is 8.27. The molecule has 2 N–H and O–H groups in total. The van der Waals surface area contributed by atoms with E-state index < -0.39 is 0 Å². The van der Waals surface area contributed by atoms with Gasteiger partial charge in [-0.15, -0.1) is 0 Å². The summed E-state index contributed by atoms with van der Waals surface area (Å²) in [7, 11) is 1.80. The van der Waals surface area contributed by atoms with E-state index >= 15 is 0 Å². The Morgan fingerprint density at radius 1 is 1.30 bits per heavy atom. The van der Waals surface area contributed by atoms with E-state index in [2.05, 4.69) is 35.7 Å². The largest absolute Gasteiger partial charge is 0.355 e. The molecule has 0 bridgehead atoms. The quantitative estimate of drug-likeness (QED) is 0.594. The van der Waals surface area contributed by atoms with Crippen LogP contribution < -0.4 is 10.6 Å². The van der Waals surface area contributed by atoms with Gasteiger partial charge in [0.1, 0.15) is 0 Å². The predicted octanol–water partition coefficient (Wildman–Crippen LogP) is 2.08. The van der Waals surface area contributed by atoms with Crippen LogP contribution in [0.25, 0.3) is 0 Å². The van der Waals surface area contributed by atoms with Gasteiger partial charge in [-0.3, -0.25) is 9.79 Å². The second-order valence-electron chi connectivity index (χ2n) is 7.29. The van der Waals surface area contributed by atoms with Gasteiger partial charge in [-0.2, -0.15) is 11.8 Å². The van der Waals surface area contributed by atoms with E-state index in [9.17, 15) is 4.79 Å². The Balaban J connectivity index is 1.78. The minimum absolute atomic E-state index is 0.178. The molecule has 0 aromatic rings. The summed E-state index contributed by atoms with van der Waals surface area (Å²) in [5, 5.41) is 6.87. The number of hydrogen-bond acceptors (Lipinski definition) is 3. The summed E-state index contributed by atoms with van der Waals surface area (Å²) in [4.78, 5) is 18.9. The van der Waals surface area contributed by atoms with E-state index in [1.807, 2.05) is 16.7 Å². The molecule has 0 radical (unpaired) electrons. The summed E-state index contributed by atoms with van der Waals surface area (Å²) < 4.78 is 0.178. The summed E-state index contributed by atoms with van der Waals surface area (Å²) in [6, 6.07) is 0.309. The third-order valence-corrected chi connectivity index (χ3v) is 6.25. The monoisotopic (exact) mass is 340 g/mol. The molecular formula is C17H32N4OS. The Hall–Kier alpha value is -0.910. The maximum atomic E-state index is 12.5. The number of aliphatic imine (C=N–C) groups is 1. The Labute approximate surface area is 145 Å². The molecule has 0 spiro atoms. The van der Waals surface area contributed by atoms with Gasteiger partial charge in [0, 0.05) is 43.4 Å². The van der Waals surface area contributed by atoms with Crippen molar-refractivity contribution in [3.8, 4) is 0 Å². The van der Waals surface area contributed by atoms with Crippen LogP contribution in [0.1, 0.15) is 46.0 Å². The van der Waals surface area contributed by atoms with E-state index in [0.717, 1.165) is 44.9 Å². The summed E-state index contributed by atoms with van der Waals surface area (Å²) in [5.74, 6) is 1.50. The van der Waals surface area contributed by atoms with Crippen molar-refractivity contribution in [1.29, 1.82) is 0 Å². The van der Waals surface area contributed by atoms with Gasteiger partial charge in [0.05, 0.1) is 0 Å². The van der Waals surface area contributed by atoms with Crippen LogP contribution in [0.4, 0.5) is 0 Å². The lowest BCUT2D eigenvalue weighted by molar-refractivity contribution is -0.134. The van der Waals surface area contributed by atoms with Gasteiger partial charge in [0.15, 0.2) is 5.96 Å². The average Bonchev–Trinajstić information content (AvgIpc) is 3.22. The molecule has 0 aromatic heterocycles. The van der Waals surface area contributed by atoms with Gasteiger partial charge in [0.2, 0.25) is 5.91 Å². The first-order valence-corrected chi connectivity index (χ1v) is 9.99. The number of nitrogens with zero attached hydrogens (tertiary/aromatic N) is 2. The van der Waals surface area contributed by atoms with Crippen molar-refractivity contribution in [2.24, 2.45) is 10.9 Å². The molecule has 2 rings (SSSR count). The maximum Gasteiger partial charge on any atom is 0.225 e. The maximum absolute atomic E-state index is 12.5. The molecule has 23 heavy (non-hydrogen) atoms. The smallest absolute Gasteiger partial charge is 0.225 e. The highest BCUT2D eigenvalue weighted by molar-refractivity contribution is 7.99. The molecule has 0 aromatic carbocycles. The van der Waals surface area contributed by atoms with Crippen LogP contribution in [0.2, 0.25) is 0 Å². The Morgan fingerprint density at radius 2 is 2.00 bits per heavy atom. The zero-order valence-corrected chi connectivity index (χ0v) is 15.8. The number of guanidine groups is 1. The molecule has 1 saturated carbocycles. The molecule has 2 aliphatic rings. The van der Waals surface area contributed by atoms with E-state index in [0.29, 0.717) is 11.9 Å². The molecule has 1 atom stereocenters. The third-order valence-electron chi connectivity index (χ3n) is 5.00. The van der Waals surface area contributed by atoms with Gasteiger partial charge >= 0.3 is 0 Å². The standard InChI is InChI=1S/C17H32N4OS/c1-17(2,23-4)12-19-16(18-3)20-14-9-10-21(11-14)15(22)13-7-5-6-8-13/h13-14H,5-12H2,1-4H3,(H2,18,19,20). The molecular weight excluding hydrogens is 308 g/mol. The third kappa shape index (κ3) is 5.30. The van der Waals surface area contributed by atoms with Gasteiger partial charge in [-0.1, -0.05) is 12.8 Å². The first-order chi connectivity index (χ1) is 10.9. The van der Waals surface area contributed by atoms with Gasteiger partial charge < -0.3 is 15.5 Å². The van der Waals surface area contributed by atoms with E-state index in [1.54, 1.807) is 7.05 Å². The first-order valence-electron chi connectivity index (χ1n) is 8.76. The summed E-state index contributed by atoms with van der Waals surface area (Å²) in [6.07, 6.45) is 7.73. The van der Waals surface area contributed by atoms with Crippen molar-refractivity contribution < 1.29 is 4.79 Å². The van der Waals surface area contributed by atoms with Crippen LogP contribution in [-0.4, -0.2) is 60.5 Å². The van der Waals surface area contributed by atoms with Crippen molar-refractivity contribution in [2.75, 3.05) is 32.9 Å². The molecule has 1 unspecified atom stereocenters. The van der Waals surface area contributed by atoms with Crippen LogP contribution in [0.5, 0.6) is 0 Å². The Bertz CT molecular complexity index is 432. The SMILES string of the molecule is CN=C(NCC(C)(C)SC)NC1CCN(C(=O)C2CCCC2)C1. The van der Waals surface area contributed by atoms with E-state index in [-0.39, 0.29) is 10.7 Å². The fraction of sp³-hybridized carbons (Fsp3) is 0.882. The highest BCUT2D eigenvalue weighted by atomic mass is 32.2. The van der Waals surface area contributed by atoms with Crippen molar-refractivity contribution >= 4 is 23.6 Å². The van der Waals surface area contributed by atoms with Crippen molar-refractivity contribution in [2.45, 2.75) is 56.7 Å². The first kappa shape index (κ1) is 18.4. The normalized spacial score (nSPS) is 23.4. The molecule has 2 fully saturated rings. The highest BCUT2D eigenvalue weighted by Crippen LogP contribution is 2.27. The average molecular weight is 341 g/mol. The lowest BCUT2D eigenvalue weighted by Gasteiger charge is -2.25. The number of nitrogens with one attached hydrogen (secondary N) is 2. The van der Waals surface area contributed by atoms with Crippen LogP contribution in [0, 0.1) is 5.92 Å². The van der Waals surface area contributed by atoms with Gasteiger partial charge in [-0.05, 0) is 39.4 Å². The van der Waals surface area contributed by atoms with E-state index in [1.165, 1.54) is 12.8 Å². The molecule has 132 valence electrons. The summed E-state index contributed by atoms with van der Waals surface area (Å²) in [5.41, 5.74) is 0. The zero-order chi connectivity index (χ0) is 16.9. The summed E-state index contributed by atoms with van der Waals surface area (Å²) in [6.45, 7) is 6.98. The lowest BCUT2D eigenvalue weighted by atomic mass is 10.1. The molecule has 1 saturated heterocycles. The number of carbonyl (C=O) groups is 1. The predicted molar refractivity (Wildman–Crippen MR) is 99.0 cm³/mol. The number of thioether (sulfide) groups is 1. The molecule has 1 amide bonds. The lowest BCUT2D eigenvalue weighted by Crippen LogP contribution is -2.48. The molecule has 1 aliphatic carbocycles. The molecule has 5 nitrogen and oxygen atoms in total. The van der Waals surface area contributed by atoms with Crippen molar-refractivity contribution in [3.63, 3.8) is 0 Å². The van der Waals surface area contributed by atoms with E-state index in [4.69, 9.17) is 0 Å². The van der Waals surface area contributed by atoms with Crippen molar-refractivity contribution in [1.82, 2.24) is 15.5 Å². The Kier molecular flexibility index (Phi) is 6.62. The number of hydrogen-bond donors (Lipinski definition) is 2. The zero-order valence-electron chi connectivity index (χ0n) is 15.0. The number of amides is 1. The minimum Gasteiger partial charge on any atom is -0.355 e. The van der Waals surface area contributed by atoms with Crippen LogP contribution in [0.15, 0.2) is 4.99 Å². The number of carbonyl (C=O) groups excluding carboxylic acids is 1. The second-order valence-corrected chi connectivity index (χ2v) is 8.80. The topological polar surface area (TPSA) is 56.7 Å². The summed E-state index contributed by atoms with van der Waals surface area (Å²) >= 11 is 1.84. The van der Waals surface area contributed by atoms with Gasteiger partial charge in [0.25, 0.3) is 0 Å².